The summed E-state index contributed by atoms with van der Waals surface area (Å²) in [6.07, 6.45) is -1.17. The van der Waals surface area contributed by atoms with Crippen molar-refractivity contribution in [2.24, 2.45) is 0 Å². The van der Waals surface area contributed by atoms with E-state index in [1.807, 2.05) is 30.3 Å². The van der Waals surface area contributed by atoms with E-state index in [0.717, 1.165) is 16.5 Å². The fourth-order valence-corrected chi connectivity index (χ4v) is 3.19. The number of carbonyl (C=O) groups is 2. The summed E-state index contributed by atoms with van der Waals surface area (Å²) >= 11 is 6.00. The molecule has 152 valence electrons. The van der Waals surface area contributed by atoms with Crippen LogP contribution < -0.4 is 10.6 Å². The van der Waals surface area contributed by atoms with E-state index < -0.39 is 24.0 Å². The lowest BCUT2D eigenvalue weighted by Gasteiger charge is -2.23. The Hall–Kier alpha value is -2.87. The van der Waals surface area contributed by atoms with Crippen molar-refractivity contribution in [2.75, 3.05) is 13.8 Å². The molecule has 3 aromatic rings. The molecule has 2 amide bonds. The van der Waals surface area contributed by atoms with Crippen molar-refractivity contribution < 1.29 is 19.4 Å². The normalized spacial score (nSPS) is 13.1. The molecular weight excluding hydrogens is 394 g/mol. The molecule has 0 saturated carbocycles. The molecule has 2 aromatic carbocycles. The maximum absolute atomic E-state index is 12.8. The minimum atomic E-state index is -1.45. The third-order valence-electron chi connectivity index (χ3n) is 4.48. The maximum atomic E-state index is 12.8. The summed E-state index contributed by atoms with van der Waals surface area (Å²) in [5.74, 6) is -1.06. The molecule has 3 rings (SSSR count). The predicted molar refractivity (Wildman–Crippen MR) is 111 cm³/mol. The number of ether oxygens (including phenoxy) is 1. The molecule has 0 aliphatic rings. The maximum Gasteiger partial charge on any atom is 0.268 e. The number of aliphatic hydroxyl groups excluding tert-OH is 1. The Labute approximate surface area is 173 Å². The molecule has 1 heterocycles. The van der Waals surface area contributed by atoms with Gasteiger partial charge in [-0.1, -0.05) is 41.9 Å². The summed E-state index contributed by atoms with van der Waals surface area (Å²) in [5.41, 5.74) is 1.95. The Morgan fingerprint density at radius 1 is 1.17 bits per heavy atom. The minimum absolute atomic E-state index is 0.0370. The molecule has 0 radical (unpaired) electrons. The van der Waals surface area contributed by atoms with Crippen LogP contribution in [-0.4, -0.2) is 47.9 Å². The zero-order chi connectivity index (χ0) is 20.8. The van der Waals surface area contributed by atoms with Crippen molar-refractivity contribution in [3.8, 4) is 0 Å². The van der Waals surface area contributed by atoms with Crippen LogP contribution >= 0.6 is 11.6 Å². The second kappa shape index (κ2) is 9.56. The Kier molecular flexibility index (Phi) is 6.87. The first-order chi connectivity index (χ1) is 14.0. The van der Waals surface area contributed by atoms with Crippen LogP contribution in [0.2, 0.25) is 5.02 Å². The van der Waals surface area contributed by atoms with Gasteiger partial charge in [0, 0.05) is 23.0 Å². The molecule has 7 nitrogen and oxygen atoms in total. The van der Waals surface area contributed by atoms with Gasteiger partial charge >= 0.3 is 0 Å². The number of H-pyrrole nitrogens is 1. The fourth-order valence-electron chi connectivity index (χ4n) is 3.01. The topological polar surface area (TPSA) is 103 Å². The third kappa shape index (κ3) is 5.35. The number of benzene rings is 2. The summed E-state index contributed by atoms with van der Waals surface area (Å²) in [7, 11) is 1.43. The van der Waals surface area contributed by atoms with Gasteiger partial charge < -0.3 is 25.5 Å². The predicted octanol–water partition coefficient (Wildman–Crippen LogP) is 2.24. The Morgan fingerprint density at radius 3 is 2.66 bits per heavy atom. The SMILES string of the molecule is COCNC(=O)[C@@H](O)[C@@H](Cc1ccccc1)NC(=O)c1cc2cc(Cl)ccc2[nH]1. The lowest BCUT2D eigenvalue weighted by Crippen LogP contribution is -2.52. The number of methoxy groups -OCH3 is 1. The zero-order valence-electron chi connectivity index (χ0n) is 15.8. The smallest absolute Gasteiger partial charge is 0.268 e. The van der Waals surface area contributed by atoms with Crippen LogP contribution in [0.25, 0.3) is 10.9 Å². The van der Waals surface area contributed by atoms with Crippen molar-refractivity contribution >= 4 is 34.3 Å². The number of halogens is 1. The monoisotopic (exact) mass is 415 g/mol. The molecule has 4 N–H and O–H groups in total. The first-order valence-corrected chi connectivity index (χ1v) is 9.43. The van der Waals surface area contributed by atoms with E-state index in [-0.39, 0.29) is 13.2 Å². The quantitative estimate of drug-likeness (QED) is 0.423. The van der Waals surface area contributed by atoms with Crippen molar-refractivity contribution in [1.82, 2.24) is 15.6 Å². The van der Waals surface area contributed by atoms with Crippen LogP contribution in [-0.2, 0) is 16.0 Å². The van der Waals surface area contributed by atoms with Crippen LogP contribution in [0.4, 0.5) is 0 Å². The van der Waals surface area contributed by atoms with Crippen LogP contribution in [0.1, 0.15) is 16.1 Å². The number of nitrogens with one attached hydrogen (secondary N) is 3. The first kappa shape index (κ1) is 20.9. The molecule has 0 bridgehead atoms. The van der Waals surface area contributed by atoms with Gasteiger partial charge in [-0.05, 0) is 36.2 Å². The molecule has 0 unspecified atom stereocenters. The van der Waals surface area contributed by atoms with Gasteiger partial charge in [0.2, 0.25) is 0 Å². The fraction of sp³-hybridized carbons (Fsp3) is 0.238. The van der Waals surface area contributed by atoms with Gasteiger partial charge in [0.25, 0.3) is 11.8 Å². The molecular formula is C21H22ClN3O4. The summed E-state index contributed by atoms with van der Waals surface area (Å²) in [6, 6.07) is 15.4. The van der Waals surface area contributed by atoms with E-state index >= 15 is 0 Å². The lowest BCUT2D eigenvalue weighted by atomic mass is 10.0. The summed E-state index contributed by atoms with van der Waals surface area (Å²) in [5, 5.41) is 17.1. The van der Waals surface area contributed by atoms with E-state index in [2.05, 4.69) is 15.6 Å². The average Bonchev–Trinajstić information content (AvgIpc) is 3.15. The van der Waals surface area contributed by atoms with E-state index in [4.69, 9.17) is 16.3 Å². The molecule has 1 aromatic heterocycles. The number of aliphatic hydroxyl groups is 1. The highest BCUT2D eigenvalue weighted by molar-refractivity contribution is 6.31. The van der Waals surface area contributed by atoms with E-state index in [9.17, 15) is 14.7 Å². The number of hydrogen-bond acceptors (Lipinski definition) is 4. The van der Waals surface area contributed by atoms with Gasteiger partial charge in [-0.15, -0.1) is 0 Å². The first-order valence-electron chi connectivity index (χ1n) is 9.05. The zero-order valence-corrected chi connectivity index (χ0v) is 16.6. The van der Waals surface area contributed by atoms with Crippen molar-refractivity contribution in [3.05, 3.63) is 70.9 Å². The van der Waals surface area contributed by atoms with E-state index in [1.54, 1.807) is 24.3 Å². The molecule has 29 heavy (non-hydrogen) atoms. The third-order valence-corrected chi connectivity index (χ3v) is 4.72. The summed E-state index contributed by atoms with van der Waals surface area (Å²) in [4.78, 5) is 28.0. The number of amides is 2. The van der Waals surface area contributed by atoms with Crippen LogP contribution in [0.5, 0.6) is 0 Å². The van der Waals surface area contributed by atoms with Gasteiger partial charge in [0.1, 0.15) is 12.4 Å². The highest BCUT2D eigenvalue weighted by atomic mass is 35.5. The van der Waals surface area contributed by atoms with Crippen molar-refractivity contribution in [2.45, 2.75) is 18.6 Å². The van der Waals surface area contributed by atoms with Gasteiger partial charge in [-0.25, -0.2) is 0 Å². The Balaban J connectivity index is 1.80. The summed E-state index contributed by atoms with van der Waals surface area (Å²) < 4.78 is 4.81. The van der Waals surface area contributed by atoms with Gasteiger partial charge in [-0.3, -0.25) is 9.59 Å². The number of hydrogen-bond donors (Lipinski definition) is 4. The Bertz CT molecular complexity index is 990. The van der Waals surface area contributed by atoms with Crippen LogP contribution in [0, 0.1) is 0 Å². The molecule has 0 aliphatic carbocycles. The van der Waals surface area contributed by atoms with Crippen LogP contribution in [0.3, 0.4) is 0 Å². The van der Waals surface area contributed by atoms with Crippen molar-refractivity contribution in [3.63, 3.8) is 0 Å². The van der Waals surface area contributed by atoms with Crippen LogP contribution in [0.15, 0.2) is 54.6 Å². The lowest BCUT2D eigenvalue weighted by molar-refractivity contribution is -0.132. The van der Waals surface area contributed by atoms with Gasteiger partial charge in [0.05, 0.1) is 6.04 Å². The number of aromatic amines is 1. The highest BCUT2D eigenvalue weighted by Crippen LogP contribution is 2.20. The molecule has 0 spiro atoms. The molecule has 0 aliphatic heterocycles. The van der Waals surface area contributed by atoms with E-state index in [1.165, 1.54) is 7.11 Å². The second-order valence-corrected chi connectivity index (χ2v) is 7.04. The molecule has 0 saturated heterocycles. The number of carbonyl (C=O) groups excluding carboxylic acids is 2. The number of aromatic nitrogens is 1. The Morgan fingerprint density at radius 2 is 1.93 bits per heavy atom. The average molecular weight is 416 g/mol. The number of rotatable bonds is 8. The van der Waals surface area contributed by atoms with Crippen molar-refractivity contribution in [1.29, 1.82) is 0 Å². The number of fused-ring (bicyclic) bond motifs is 1. The van der Waals surface area contributed by atoms with Gasteiger partial charge in [-0.2, -0.15) is 0 Å². The second-order valence-electron chi connectivity index (χ2n) is 6.60. The molecule has 0 fully saturated rings. The molecule has 8 heteroatoms. The minimum Gasteiger partial charge on any atom is -0.381 e. The summed E-state index contributed by atoms with van der Waals surface area (Å²) in [6.45, 7) is -0.0370. The highest BCUT2D eigenvalue weighted by Gasteiger charge is 2.28. The van der Waals surface area contributed by atoms with Gasteiger partial charge in [0.15, 0.2) is 6.10 Å². The largest absolute Gasteiger partial charge is 0.381 e. The standard InChI is InChI=1S/C21H22ClN3O4/c1-29-12-23-21(28)19(26)17(9-13-5-3-2-4-6-13)25-20(27)18-11-14-10-15(22)7-8-16(14)24-18/h2-8,10-11,17,19,24,26H,9,12H2,1H3,(H,23,28)(H,25,27)/t17-,19+/m1/s1. The van der Waals surface area contributed by atoms with E-state index in [0.29, 0.717) is 10.7 Å². The molecule has 2 atom stereocenters.